The summed E-state index contributed by atoms with van der Waals surface area (Å²) in [6.45, 7) is 7.75. The molecule has 0 saturated carbocycles. The molecule has 0 aliphatic heterocycles. The highest BCUT2D eigenvalue weighted by Gasteiger charge is 2.14. The van der Waals surface area contributed by atoms with Gasteiger partial charge in [0.2, 0.25) is 0 Å². The summed E-state index contributed by atoms with van der Waals surface area (Å²) in [5, 5.41) is 2.98. The SMILES string of the molecule is Cc1cc(C)c(Cn2c(CCNC(=O)c3cccnc3)nc3ccccc32)c(C)c1. The van der Waals surface area contributed by atoms with Gasteiger partial charge in [0.25, 0.3) is 5.91 Å². The van der Waals surface area contributed by atoms with E-state index in [1.165, 1.54) is 22.3 Å². The van der Waals surface area contributed by atoms with Crippen LogP contribution in [0.1, 0.15) is 38.4 Å². The van der Waals surface area contributed by atoms with E-state index in [0.717, 1.165) is 23.4 Å². The minimum atomic E-state index is -0.115. The van der Waals surface area contributed by atoms with Crippen LogP contribution in [0.4, 0.5) is 0 Å². The van der Waals surface area contributed by atoms with Crippen molar-refractivity contribution in [2.45, 2.75) is 33.7 Å². The predicted molar refractivity (Wildman–Crippen MR) is 120 cm³/mol. The van der Waals surface area contributed by atoms with Gasteiger partial charge in [0, 0.05) is 31.9 Å². The zero-order valence-corrected chi connectivity index (χ0v) is 17.6. The summed E-state index contributed by atoms with van der Waals surface area (Å²) in [6, 6.07) is 16.2. The summed E-state index contributed by atoms with van der Waals surface area (Å²) in [5.41, 5.74) is 7.85. The first-order valence-corrected chi connectivity index (χ1v) is 10.2. The molecule has 0 aliphatic carbocycles. The van der Waals surface area contributed by atoms with Crippen molar-refractivity contribution in [1.82, 2.24) is 19.9 Å². The summed E-state index contributed by atoms with van der Waals surface area (Å²) in [7, 11) is 0. The van der Waals surface area contributed by atoms with E-state index in [9.17, 15) is 4.79 Å². The second kappa shape index (κ2) is 8.49. The van der Waals surface area contributed by atoms with Crippen molar-refractivity contribution in [3.8, 4) is 0 Å². The molecule has 0 fully saturated rings. The number of carbonyl (C=O) groups excluding carboxylic acids is 1. The van der Waals surface area contributed by atoms with Gasteiger partial charge in [0.1, 0.15) is 5.82 Å². The second-order valence-corrected chi connectivity index (χ2v) is 7.73. The van der Waals surface area contributed by atoms with Gasteiger partial charge in [-0.1, -0.05) is 29.8 Å². The molecule has 2 aromatic carbocycles. The molecule has 0 bridgehead atoms. The van der Waals surface area contributed by atoms with Gasteiger partial charge < -0.3 is 9.88 Å². The number of para-hydroxylation sites is 2. The first-order chi connectivity index (χ1) is 14.5. The average molecular weight is 399 g/mol. The Morgan fingerprint density at radius 3 is 2.53 bits per heavy atom. The molecule has 4 aromatic rings. The van der Waals surface area contributed by atoms with Crippen LogP contribution in [-0.4, -0.2) is 27.0 Å². The lowest BCUT2D eigenvalue weighted by atomic mass is 9.99. The van der Waals surface area contributed by atoms with Gasteiger partial charge in [-0.25, -0.2) is 4.98 Å². The Kier molecular flexibility index (Phi) is 5.61. The summed E-state index contributed by atoms with van der Waals surface area (Å²) in [5.74, 6) is 0.859. The van der Waals surface area contributed by atoms with Crippen LogP contribution in [0.15, 0.2) is 60.9 Å². The maximum absolute atomic E-state index is 12.3. The number of benzene rings is 2. The Morgan fingerprint density at radius 2 is 1.80 bits per heavy atom. The molecular formula is C25H26N4O. The number of aryl methyl sites for hydroxylation is 3. The topological polar surface area (TPSA) is 59.8 Å². The Balaban J connectivity index is 1.59. The molecule has 2 heterocycles. The van der Waals surface area contributed by atoms with Crippen LogP contribution in [0.5, 0.6) is 0 Å². The Bertz CT molecular complexity index is 1170. The third-order valence-electron chi connectivity index (χ3n) is 5.45. The normalized spacial score (nSPS) is 11.0. The predicted octanol–water partition coefficient (Wildman–Crippen LogP) is 4.38. The minimum absolute atomic E-state index is 0.115. The van der Waals surface area contributed by atoms with Crippen LogP contribution in [0.3, 0.4) is 0 Å². The first kappa shape index (κ1) is 19.8. The van der Waals surface area contributed by atoms with E-state index in [-0.39, 0.29) is 5.91 Å². The highest BCUT2D eigenvalue weighted by atomic mass is 16.1. The zero-order valence-electron chi connectivity index (χ0n) is 17.6. The van der Waals surface area contributed by atoms with E-state index >= 15 is 0 Å². The minimum Gasteiger partial charge on any atom is -0.352 e. The molecule has 2 aromatic heterocycles. The van der Waals surface area contributed by atoms with Crippen LogP contribution in [0.2, 0.25) is 0 Å². The average Bonchev–Trinajstić information content (AvgIpc) is 3.08. The molecule has 4 rings (SSSR count). The fraction of sp³-hybridized carbons (Fsp3) is 0.240. The molecule has 152 valence electrons. The first-order valence-electron chi connectivity index (χ1n) is 10.2. The molecule has 5 nitrogen and oxygen atoms in total. The number of hydrogen-bond acceptors (Lipinski definition) is 3. The summed E-state index contributed by atoms with van der Waals surface area (Å²) >= 11 is 0. The number of carbonyl (C=O) groups is 1. The van der Waals surface area contributed by atoms with Crippen molar-refractivity contribution in [2.24, 2.45) is 0 Å². The van der Waals surface area contributed by atoms with Gasteiger partial charge >= 0.3 is 0 Å². The number of nitrogens with zero attached hydrogens (tertiary/aromatic N) is 3. The maximum Gasteiger partial charge on any atom is 0.252 e. The van der Waals surface area contributed by atoms with Gasteiger partial charge in [-0.3, -0.25) is 9.78 Å². The van der Waals surface area contributed by atoms with E-state index in [0.29, 0.717) is 18.5 Å². The van der Waals surface area contributed by atoms with E-state index in [2.05, 4.69) is 53.8 Å². The molecule has 0 unspecified atom stereocenters. The van der Waals surface area contributed by atoms with Crippen molar-refractivity contribution in [3.05, 3.63) is 94.6 Å². The van der Waals surface area contributed by atoms with Gasteiger partial charge in [-0.15, -0.1) is 0 Å². The maximum atomic E-state index is 12.3. The standard InChI is InChI=1S/C25H26N4O/c1-17-13-18(2)21(19(3)14-17)16-29-23-9-5-4-8-22(23)28-24(29)10-12-27-25(30)20-7-6-11-26-15-20/h4-9,11,13-15H,10,12,16H2,1-3H3,(H,27,30). The van der Waals surface area contributed by atoms with Crippen molar-refractivity contribution in [2.75, 3.05) is 6.54 Å². The van der Waals surface area contributed by atoms with E-state index in [1.807, 2.05) is 18.2 Å². The van der Waals surface area contributed by atoms with Crippen molar-refractivity contribution in [3.63, 3.8) is 0 Å². The molecule has 0 saturated heterocycles. The van der Waals surface area contributed by atoms with Gasteiger partial charge in [-0.2, -0.15) is 0 Å². The molecule has 30 heavy (non-hydrogen) atoms. The van der Waals surface area contributed by atoms with Crippen LogP contribution in [0, 0.1) is 20.8 Å². The van der Waals surface area contributed by atoms with Crippen LogP contribution >= 0.6 is 0 Å². The number of aromatic nitrogens is 3. The van der Waals surface area contributed by atoms with Crippen molar-refractivity contribution < 1.29 is 4.79 Å². The molecule has 1 amide bonds. The van der Waals surface area contributed by atoms with Gasteiger partial charge in [-0.05, 0) is 61.7 Å². The largest absolute Gasteiger partial charge is 0.352 e. The molecule has 1 N–H and O–H groups in total. The zero-order chi connectivity index (χ0) is 21.1. The molecule has 0 radical (unpaired) electrons. The molecule has 5 heteroatoms. The smallest absolute Gasteiger partial charge is 0.252 e. The fourth-order valence-electron chi connectivity index (χ4n) is 4.00. The highest BCUT2D eigenvalue weighted by molar-refractivity contribution is 5.93. The van der Waals surface area contributed by atoms with E-state index in [4.69, 9.17) is 4.98 Å². The van der Waals surface area contributed by atoms with E-state index in [1.54, 1.807) is 24.5 Å². The van der Waals surface area contributed by atoms with Gasteiger partial charge in [0.05, 0.1) is 16.6 Å². The van der Waals surface area contributed by atoms with Gasteiger partial charge in [0.15, 0.2) is 0 Å². The van der Waals surface area contributed by atoms with Crippen LogP contribution < -0.4 is 5.32 Å². The summed E-state index contributed by atoms with van der Waals surface area (Å²) in [6.07, 6.45) is 3.90. The Hall–Kier alpha value is -3.47. The number of fused-ring (bicyclic) bond motifs is 1. The number of nitrogens with one attached hydrogen (secondary N) is 1. The number of pyridine rings is 1. The van der Waals surface area contributed by atoms with Crippen molar-refractivity contribution >= 4 is 16.9 Å². The highest BCUT2D eigenvalue weighted by Crippen LogP contribution is 2.22. The monoisotopic (exact) mass is 398 g/mol. The third kappa shape index (κ3) is 4.10. The fourth-order valence-corrected chi connectivity index (χ4v) is 4.00. The number of imidazole rings is 1. The van der Waals surface area contributed by atoms with Crippen LogP contribution in [0.25, 0.3) is 11.0 Å². The summed E-state index contributed by atoms with van der Waals surface area (Å²) < 4.78 is 2.27. The third-order valence-corrected chi connectivity index (χ3v) is 5.45. The Labute approximate surface area is 176 Å². The molecule has 0 aliphatic rings. The number of amides is 1. The Morgan fingerprint density at radius 1 is 1.03 bits per heavy atom. The number of hydrogen-bond donors (Lipinski definition) is 1. The lowest BCUT2D eigenvalue weighted by Crippen LogP contribution is -2.26. The second-order valence-electron chi connectivity index (χ2n) is 7.73. The molecular weight excluding hydrogens is 372 g/mol. The molecule has 0 spiro atoms. The van der Waals surface area contributed by atoms with E-state index < -0.39 is 0 Å². The number of rotatable bonds is 6. The van der Waals surface area contributed by atoms with Crippen LogP contribution in [-0.2, 0) is 13.0 Å². The lowest BCUT2D eigenvalue weighted by molar-refractivity contribution is 0.0953. The summed E-state index contributed by atoms with van der Waals surface area (Å²) in [4.78, 5) is 21.2. The molecule has 0 atom stereocenters. The lowest BCUT2D eigenvalue weighted by Gasteiger charge is -2.15. The van der Waals surface area contributed by atoms with Crippen molar-refractivity contribution in [1.29, 1.82) is 0 Å². The quantitative estimate of drug-likeness (QED) is 0.524.